The van der Waals surface area contributed by atoms with Crippen LogP contribution in [0.15, 0.2) is 0 Å². The van der Waals surface area contributed by atoms with Gasteiger partial charge in [0.05, 0.1) is 0 Å². The molecule has 0 bridgehead atoms. The molecule has 0 radical (unpaired) electrons. The van der Waals surface area contributed by atoms with E-state index in [9.17, 15) is 0 Å². The summed E-state index contributed by atoms with van der Waals surface area (Å²) in [4.78, 5) is 2.77. The molecule has 0 spiro atoms. The fourth-order valence-corrected chi connectivity index (χ4v) is 3.53. The van der Waals surface area contributed by atoms with Crippen LogP contribution >= 0.6 is 0 Å². The first kappa shape index (κ1) is 12.4. The highest BCUT2D eigenvalue weighted by molar-refractivity contribution is 4.94. The topological polar surface area (TPSA) is 15.3 Å². The Labute approximate surface area is 101 Å². The van der Waals surface area contributed by atoms with Gasteiger partial charge in [-0.25, -0.2) is 0 Å². The minimum atomic E-state index is 0.525. The summed E-state index contributed by atoms with van der Waals surface area (Å²) in [5.41, 5.74) is 0.525. The quantitative estimate of drug-likeness (QED) is 0.793. The maximum Gasteiger partial charge on any atom is 0.0198 e. The Bertz CT molecular complexity index is 219. The summed E-state index contributed by atoms with van der Waals surface area (Å²) < 4.78 is 0. The van der Waals surface area contributed by atoms with Crippen molar-refractivity contribution in [3.05, 3.63) is 0 Å². The van der Waals surface area contributed by atoms with Gasteiger partial charge in [-0.15, -0.1) is 0 Å². The van der Waals surface area contributed by atoms with E-state index in [0.29, 0.717) is 11.6 Å². The van der Waals surface area contributed by atoms with Crippen LogP contribution in [0.3, 0.4) is 0 Å². The van der Waals surface area contributed by atoms with Crippen LogP contribution in [0.5, 0.6) is 0 Å². The molecule has 1 saturated carbocycles. The Morgan fingerprint density at radius 1 is 1.19 bits per heavy atom. The van der Waals surface area contributed by atoms with Crippen LogP contribution in [0.2, 0.25) is 0 Å². The van der Waals surface area contributed by atoms with Crippen LogP contribution in [0.1, 0.15) is 59.3 Å². The van der Waals surface area contributed by atoms with Gasteiger partial charge < -0.3 is 5.32 Å². The number of hydrogen-bond acceptors (Lipinski definition) is 2. The van der Waals surface area contributed by atoms with Crippen LogP contribution in [0, 0.1) is 0 Å². The lowest BCUT2D eigenvalue weighted by atomic mass is 9.93. The third kappa shape index (κ3) is 2.78. The Kier molecular flexibility index (Phi) is 3.91. The summed E-state index contributed by atoms with van der Waals surface area (Å²) >= 11 is 0. The molecule has 0 aromatic rings. The molecule has 0 aromatic heterocycles. The standard InChI is InChI=1S/C14H28N2/c1-12(2)15-13-7-6-10-16(11-13)14(3)8-4-5-9-14/h12-13,15H,4-11H2,1-3H3. The lowest BCUT2D eigenvalue weighted by Crippen LogP contribution is -2.55. The minimum Gasteiger partial charge on any atom is -0.311 e. The molecule has 2 fully saturated rings. The van der Waals surface area contributed by atoms with Gasteiger partial charge in [0.15, 0.2) is 0 Å². The molecule has 1 saturated heterocycles. The van der Waals surface area contributed by atoms with Gasteiger partial charge in [-0.2, -0.15) is 0 Å². The molecule has 2 rings (SSSR count). The molecule has 2 aliphatic rings. The molecule has 0 amide bonds. The molecular weight excluding hydrogens is 196 g/mol. The number of hydrogen-bond donors (Lipinski definition) is 1. The second-order valence-corrected chi connectivity index (χ2v) is 6.31. The van der Waals surface area contributed by atoms with E-state index in [1.807, 2.05) is 0 Å². The summed E-state index contributed by atoms with van der Waals surface area (Å²) in [7, 11) is 0. The van der Waals surface area contributed by atoms with Crippen LogP contribution < -0.4 is 5.32 Å². The Morgan fingerprint density at radius 2 is 1.88 bits per heavy atom. The number of likely N-dealkylation sites (tertiary alicyclic amines) is 1. The Hall–Kier alpha value is -0.0800. The average Bonchev–Trinajstić information content (AvgIpc) is 2.66. The van der Waals surface area contributed by atoms with E-state index in [4.69, 9.17) is 0 Å². The molecule has 2 nitrogen and oxygen atoms in total. The summed E-state index contributed by atoms with van der Waals surface area (Å²) in [5.74, 6) is 0. The fraction of sp³-hybridized carbons (Fsp3) is 1.00. The van der Waals surface area contributed by atoms with E-state index in [2.05, 4.69) is 31.0 Å². The summed E-state index contributed by atoms with van der Waals surface area (Å²) in [6.07, 6.45) is 8.46. The van der Waals surface area contributed by atoms with Gasteiger partial charge in [0.1, 0.15) is 0 Å². The van der Waals surface area contributed by atoms with Gasteiger partial charge in [0.25, 0.3) is 0 Å². The van der Waals surface area contributed by atoms with Gasteiger partial charge in [0, 0.05) is 24.2 Å². The van der Waals surface area contributed by atoms with Crippen molar-refractivity contribution >= 4 is 0 Å². The van der Waals surface area contributed by atoms with Crippen molar-refractivity contribution in [2.75, 3.05) is 13.1 Å². The predicted molar refractivity (Wildman–Crippen MR) is 69.7 cm³/mol. The number of nitrogens with zero attached hydrogens (tertiary/aromatic N) is 1. The van der Waals surface area contributed by atoms with Crippen LogP contribution in [0.4, 0.5) is 0 Å². The van der Waals surface area contributed by atoms with Crippen LogP contribution in [-0.2, 0) is 0 Å². The first-order valence-electron chi connectivity index (χ1n) is 7.11. The average molecular weight is 224 g/mol. The van der Waals surface area contributed by atoms with Crippen molar-refractivity contribution in [2.45, 2.75) is 76.9 Å². The molecule has 1 atom stereocenters. The van der Waals surface area contributed by atoms with Crippen LogP contribution in [-0.4, -0.2) is 35.6 Å². The van der Waals surface area contributed by atoms with Gasteiger partial charge in [0.2, 0.25) is 0 Å². The van der Waals surface area contributed by atoms with Crippen molar-refractivity contribution in [3.63, 3.8) is 0 Å². The monoisotopic (exact) mass is 224 g/mol. The van der Waals surface area contributed by atoms with E-state index >= 15 is 0 Å². The van der Waals surface area contributed by atoms with E-state index in [1.54, 1.807) is 0 Å². The molecular formula is C14H28N2. The number of rotatable bonds is 3. The van der Waals surface area contributed by atoms with Crippen LogP contribution in [0.25, 0.3) is 0 Å². The molecule has 1 N–H and O–H groups in total. The molecule has 1 aliphatic carbocycles. The van der Waals surface area contributed by atoms with Crippen molar-refractivity contribution in [1.29, 1.82) is 0 Å². The van der Waals surface area contributed by atoms with E-state index < -0.39 is 0 Å². The number of nitrogens with one attached hydrogen (secondary N) is 1. The highest BCUT2D eigenvalue weighted by Crippen LogP contribution is 2.36. The summed E-state index contributed by atoms with van der Waals surface area (Å²) in [6, 6.07) is 1.35. The SMILES string of the molecule is CC(C)NC1CCCN(C2(C)CCCC2)C1. The Balaban J connectivity index is 1.90. The highest BCUT2D eigenvalue weighted by Gasteiger charge is 2.37. The first-order valence-corrected chi connectivity index (χ1v) is 7.11. The van der Waals surface area contributed by atoms with Gasteiger partial charge >= 0.3 is 0 Å². The largest absolute Gasteiger partial charge is 0.311 e. The highest BCUT2D eigenvalue weighted by atomic mass is 15.2. The first-order chi connectivity index (χ1) is 7.60. The van der Waals surface area contributed by atoms with Gasteiger partial charge in [-0.3, -0.25) is 4.90 Å². The lowest BCUT2D eigenvalue weighted by molar-refractivity contribution is 0.0673. The molecule has 1 heterocycles. The number of piperidine rings is 1. The molecule has 16 heavy (non-hydrogen) atoms. The zero-order valence-electron chi connectivity index (χ0n) is 11.3. The zero-order chi connectivity index (χ0) is 11.6. The molecule has 0 aromatic carbocycles. The molecule has 1 unspecified atom stereocenters. The second-order valence-electron chi connectivity index (χ2n) is 6.31. The second kappa shape index (κ2) is 5.05. The van der Waals surface area contributed by atoms with Crippen molar-refractivity contribution in [3.8, 4) is 0 Å². The van der Waals surface area contributed by atoms with E-state index in [1.165, 1.54) is 51.6 Å². The molecule has 94 valence electrons. The summed E-state index contributed by atoms with van der Waals surface area (Å²) in [6.45, 7) is 9.60. The molecule has 2 heteroatoms. The predicted octanol–water partition coefficient (Wildman–Crippen LogP) is 2.78. The molecule has 1 aliphatic heterocycles. The Morgan fingerprint density at radius 3 is 2.50 bits per heavy atom. The summed E-state index contributed by atoms with van der Waals surface area (Å²) in [5, 5.41) is 3.71. The maximum atomic E-state index is 3.71. The maximum absolute atomic E-state index is 3.71. The van der Waals surface area contributed by atoms with Gasteiger partial charge in [-0.05, 0) is 39.2 Å². The van der Waals surface area contributed by atoms with E-state index in [-0.39, 0.29) is 0 Å². The van der Waals surface area contributed by atoms with Gasteiger partial charge in [-0.1, -0.05) is 26.7 Å². The van der Waals surface area contributed by atoms with Crippen molar-refractivity contribution in [2.24, 2.45) is 0 Å². The fourth-order valence-electron chi connectivity index (χ4n) is 3.53. The van der Waals surface area contributed by atoms with E-state index in [0.717, 1.165) is 6.04 Å². The normalized spacial score (nSPS) is 31.1. The third-order valence-electron chi connectivity index (χ3n) is 4.43. The third-order valence-corrected chi connectivity index (χ3v) is 4.43. The zero-order valence-corrected chi connectivity index (χ0v) is 11.3. The van der Waals surface area contributed by atoms with Crippen molar-refractivity contribution in [1.82, 2.24) is 10.2 Å². The van der Waals surface area contributed by atoms with Crippen molar-refractivity contribution < 1.29 is 0 Å². The lowest BCUT2D eigenvalue weighted by Gasteiger charge is -2.44. The smallest absolute Gasteiger partial charge is 0.0198 e. The minimum absolute atomic E-state index is 0.525.